The van der Waals surface area contributed by atoms with Crippen molar-refractivity contribution in [3.05, 3.63) is 24.4 Å². The second-order valence-electron chi connectivity index (χ2n) is 2.33. The Morgan fingerprint density at radius 2 is 2.42 bits per heavy atom. The first kappa shape index (κ1) is 8.52. The summed E-state index contributed by atoms with van der Waals surface area (Å²) in [6, 6.07) is 5.21. The molecule has 1 aromatic rings. The molecule has 1 unspecified atom stereocenters. The minimum absolute atomic E-state index is 0.406. The van der Waals surface area contributed by atoms with E-state index in [9.17, 15) is 4.79 Å². The molecule has 4 heteroatoms. The summed E-state index contributed by atoms with van der Waals surface area (Å²) in [5.74, 6) is -0.0931. The molecule has 0 fully saturated rings. The molecule has 0 saturated heterocycles. The predicted octanol–water partition coefficient (Wildman–Crippen LogP) is 0.334. The molecule has 2 N–H and O–H groups in total. The van der Waals surface area contributed by atoms with Crippen molar-refractivity contribution in [1.82, 2.24) is 4.98 Å². The molecule has 64 valence electrons. The molecule has 0 spiro atoms. The lowest BCUT2D eigenvalue weighted by Crippen LogP contribution is -2.30. The monoisotopic (exact) mass is 166 g/mol. The number of primary amides is 1. The molecule has 1 aromatic heterocycles. The van der Waals surface area contributed by atoms with E-state index < -0.39 is 12.0 Å². The molecule has 1 heterocycles. The van der Waals surface area contributed by atoms with Gasteiger partial charge in [0.25, 0.3) is 5.91 Å². The number of pyridine rings is 1. The van der Waals surface area contributed by atoms with Crippen LogP contribution in [0.4, 0.5) is 0 Å². The van der Waals surface area contributed by atoms with Gasteiger partial charge in [0.05, 0.1) is 0 Å². The van der Waals surface area contributed by atoms with Gasteiger partial charge in [0.1, 0.15) is 0 Å². The number of hydrogen-bond acceptors (Lipinski definition) is 3. The van der Waals surface area contributed by atoms with Crippen LogP contribution in [0.5, 0.6) is 5.88 Å². The molecule has 1 rings (SSSR count). The van der Waals surface area contributed by atoms with Crippen molar-refractivity contribution < 1.29 is 9.53 Å². The minimum Gasteiger partial charge on any atom is -0.465 e. The molecule has 1 amide bonds. The summed E-state index contributed by atoms with van der Waals surface area (Å²) >= 11 is 0. The van der Waals surface area contributed by atoms with Gasteiger partial charge in [-0.3, -0.25) is 4.79 Å². The van der Waals surface area contributed by atoms with Crippen LogP contribution in [0.15, 0.2) is 24.4 Å². The molecular formula is C8H10N2O2. The topological polar surface area (TPSA) is 65.2 Å². The Hall–Kier alpha value is -1.58. The average molecular weight is 166 g/mol. The van der Waals surface area contributed by atoms with E-state index in [2.05, 4.69) is 4.98 Å². The Balaban J connectivity index is 2.58. The number of carbonyl (C=O) groups excluding carboxylic acids is 1. The highest BCUT2D eigenvalue weighted by Gasteiger charge is 2.09. The molecular weight excluding hydrogens is 156 g/mol. The van der Waals surface area contributed by atoms with Crippen molar-refractivity contribution in [2.45, 2.75) is 13.0 Å². The molecule has 12 heavy (non-hydrogen) atoms. The number of nitrogens with zero attached hydrogens (tertiary/aromatic N) is 1. The van der Waals surface area contributed by atoms with Crippen LogP contribution >= 0.6 is 0 Å². The van der Waals surface area contributed by atoms with Crippen LogP contribution < -0.4 is 10.5 Å². The number of hydrogen-bond donors (Lipinski definition) is 1. The highest BCUT2D eigenvalue weighted by atomic mass is 16.5. The highest BCUT2D eigenvalue weighted by molar-refractivity contribution is 5.78. The summed E-state index contributed by atoms with van der Waals surface area (Å²) in [6.07, 6.45) is 0.947. The van der Waals surface area contributed by atoms with Gasteiger partial charge >= 0.3 is 0 Å². The van der Waals surface area contributed by atoms with Gasteiger partial charge in [-0.15, -0.1) is 0 Å². The standard InChI is InChI=1S/C8H10N2O2/c1-6(8(9)11)12-7-4-2-3-5-10-7/h2-6H,1H3,(H2,9,11). The second-order valence-corrected chi connectivity index (χ2v) is 2.33. The van der Waals surface area contributed by atoms with Gasteiger partial charge in [-0.05, 0) is 13.0 Å². The lowest BCUT2D eigenvalue weighted by atomic mass is 10.4. The molecule has 0 aliphatic rings. The van der Waals surface area contributed by atoms with E-state index in [0.29, 0.717) is 5.88 Å². The van der Waals surface area contributed by atoms with Crippen LogP contribution in [0.1, 0.15) is 6.92 Å². The third kappa shape index (κ3) is 2.23. The quantitative estimate of drug-likeness (QED) is 0.703. The highest BCUT2D eigenvalue weighted by Crippen LogP contribution is 2.05. The largest absolute Gasteiger partial charge is 0.465 e. The van der Waals surface area contributed by atoms with E-state index in [0.717, 1.165) is 0 Å². The number of ether oxygens (including phenoxy) is 1. The fraction of sp³-hybridized carbons (Fsp3) is 0.250. The third-order valence-corrected chi connectivity index (χ3v) is 1.34. The zero-order valence-corrected chi connectivity index (χ0v) is 6.73. The minimum atomic E-state index is -0.639. The lowest BCUT2D eigenvalue weighted by molar-refractivity contribution is -0.124. The van der Waals surface area contributed by atoms with Crippen LogP contribution in [-0.2, 0) is 4.79 Å². The van der Waals surface area contributed by atoms with Gasteiger partial charge in [-0.2, -0.15) is 0 Å². The van der Waals surface area contributed by atoms with Gasteiger partial charge in [0.2, 0.25) is 5.88 Å². The van der Waals surface area contributed by atoms with E-state index in [1.165, 1.54) is 0 Å². The lowest BCUT2D eigenvalue weighted by Gasteiger charge is -2.08. The van der Waals surface area contributed by atoms with Crippen molar-refractivity contribution in [3.63, 3.8) is 0 Å². The second kappa shape index (κ2) is 3.71. The van der Waals surface area contributed by atoms with Gasteiger partial charge in [0.15, 0.2) is 6.10 Å². The summed E-state index contributed by atoms with van der Waals surface area (Å²) in [7, 11) is 0. The summed E-state index contributed by atoms with van der Waals surface area (Å²) in [4.78, 5) is 14.4. The average Bonchev–Trinajstić information content (AvgIpc) is 2.06. The smallest absolute Gasteiger partial charge is 0.258 e. The Morgan fingerprint density at radius 3 is 2.92 bits per heavy atom. The van der Waals surface area contributed by atoms with Crippen molar-refractivity contribution in [1.29, 1.82) is 0 Å². The summed E-state index contributed by atoms with van der Waals surface area (Å²) in [6.45, 7) is 1.58. The Kier molecular flexibility index (Phi) is 2.63. The zero-order chi connectivity index (χ0) is 8.97. The predicted molar refractivity (Wildman–Crippen MR) is 43.5 cm³/mol. The molecule has 0 aliphatic carbocycles. The third-order valence-electron chi connectivity index (χ3n) is 1.34. The fourth-order valence-corrected chi connectivity index (χ4v) is 0.656. The van der Waals surface area contributed by atoms with Crippen LogP contribution in [0.2, 0.25) is 0 Å². The summed E-state index contributed by atoms with van der Waals surface area (Å²) < 4.78 is 5.09. The first-order chi connectivity index (χ1) is 5.70. The van der Waals surface area contributed by atoms with Crippen molar-refractivity contribution in [2.24, 2.45) is 5.73 Å². The molecule has 4 nitrogen and oxygen atoms in total. The van der Waals surface area contributed by atoms with E-state index in [1.54, 1.807) is 31.3 Å². The Labute approximate surface area is 70.4 Å². The van der Waals surface area contributed by atoms with E-state index in [-0.39, 0.29) is 0 Å². The van der Waals surface area contributed by atoms with Crippen molar-refractivity contribution >= 4 is 5.91 Å². The maximum atomic E-state index is 10.6. The van der Waals surface area contributed by atoms with Gasteiger partial charge < -0.3 is 10.5 Å². The van der Waals surface area contributed by atoms with Gasteiger partial charge in [0, 0.05) is 12.3 Å². The Bertz CT molecular complexity index is 261. The molecule has 1 atom stereocenters. The zero-order valence-electron chi connectivity index (χ0n) is 6.73. The van der Waals surface area contributed by atoms with E-state index >= 15 is 0 Å². The number of aromatic nitrogens is 1. The first-order valence-corrected chi connectivity index (χ1v) is 3.57. The maximum Gasteiger partial charge on any atom is 0.258 e. The molecule has 0 aromatic carbocycles. The fourth-order valence-electron chi connectivity index (χ4n) is 0.656. The molecule has 0 saturated carbocycles. The SMILES string of the molecule is CC(Oc1ccccn1)C(N)=O. The molecule has 0 radical (unpaired) electrons. The van der Waals surface area contributed by atoms with E-state index in [4.69, 9.17) is 10.5 Å². The van der Waals surface area contributed by atoms with Crippen LogP contribution in [0.3, 0.4) is 0 Å². The number of nitrogens with two attached hydrogens (primary N) is 1. The van der Waals surface area contributed by atoms with Crippen LogP contribution in [0, 0.1) is 0 Å². The van der Waals surface area contributed by atoms with Gasteiger partial charge in [-0.25, -0.2) is 4.98 Å². The van der Waals surface area contributed by atoms with Gasteiger partial charge in [-0.1, -0.05) is 6.07 Å². The Morgan fingerprint density at radius 1 is 1.67 bits per heavy atom. The molecule has 0 aliphatic heterocycles. The maximum absolute atomic E-state index is 10.6. The van der Waals surface area contributed by atoms with Crippen LogP contribution in [0.25, 0.3) is 0 Å². The number of amides is 1. The van der Waals surface area contributed by atoms with E-state index in [1.807, 2.05) is 0 Å². The van der Waals surface area contributed by atoms with Crippen molar-refractivity contribution in [2.75, 3.05) is 0 Å². The van der Waals surface area contributed by atoms with Crippen molar-refractivity contribution in [3.8, 4) is 5.88 Å². The summed E-state index contributed by atoms with van der Waals surface area (Å²) in [5, 5.41) is 0. The normalized spacial score (nSPS) is 12.1. The molecule has 0 bridgehead atoms. The van der Waals surface area contributed by atoms with Crippen LogP contribution in [-0.4, -0.2) is 17.0 Å². The number of rotatable bonds is 3. The summed E-state index contributed by atoms with van der Waals surface area (Å²) in [5.41, 5.74) is 4.99. The first-order valence-electron chi connectivity index (χ1n) is 3.57. The number of carbonyl (C=O) groups is 1.